The number of likely N-dealkylation sites (tertiary alicyclic amines) is 1. The number of carbonyl (C=O) groups excluding carboxylic acids is 1. The number of aliphatic hydroxyl groups is 1. The summed E-state index contributed by atoms with van der Waals surface area (Å²) in [6.07, 6.45) is 1.27. The number of carbonyl (C=O) groups is 1. The first-order valence-electron chi connectivity index (χ1n) is 6.79. The smallest absolute Gasteiger partial charge is 0.256 e. The van der Waals surface area contributed by atoms with Gasteiger partial charge in [0.2, 0.25) is 0 Å². The summed E-state index contributed by atoms with van der Waals surface area (Å²) in [4.78, 5) is 13.8. The number of ether oxygens (including phenoxy) is 1. The van der Waals surface area contributed by atoms with Crippen LogP contribution in [-0.2, 0) is 4.74 Å². The molecule has 1 aromatic rings. The van der Waals surface area contributed by atoms with Gasteiger partial charge in [-0.25, -0.2) is 8.78 Å². The van der Waals surface area contributed by atoms with Crippen LogP contribution in [0.3, 0.4) is 0 Å². The standard InChI is InChI=1S/C14H18F2N2O3/c15-11-7-10(13(17)8-12(11)16)14(20)18-3-1-9(2-4-18)21-6-5-19/h7-9,19H,1-6,17H2. The van der Waals surface area contributed by atoms with Gasteiger partial charge in [-0.1, -0.05) is 0 Å². The van der Waals surface area contributed by atoms with Crippen molar-refractivity contribution >= 4 is 11.6 Å². The molecule has 1 aliphatic heterocycles. The maximum atomic E-state index is 13.2. The highest BCUT2D eigenvalue weighted by Crippen LogP contribution is 2.21. The Morgan fingerprint density at radius 2 is 1.95 bits per heavy atom. The third-order valence-electron chi connectivity index (χ3n) is 3.50. The normalized spacial score (nSPS) is 16.2. The van der Waals surface area contributed by atoms with E-state index in [2.05, 4.69) is 0 Å². The molecule has 0 aliphatic carbocycles. The lowest BCUT2D eigenvalue weighted by Gasteiger charge is -2.32. The second-order valence-electron chi connectivity index (χ2n) is 4.94. The molecule has 21 heavy (non-hydrogen) atoms. The molecule has 0 bridgehead atoms. The molecule has 0 radical (unpaired) electrons. The van der Waals surface area contributed by atoms with Gasteiger partial charge in [-0.05, 0) is 18.9 Å². The second-order valence-corrected chi connectivity index (χ2v) is 4.94. The Hall–Kier alpha value is -1.73. The van der Waals surface area contributed by atoms with Crippen LogP contribution >= 0.6 is 0 Å². The van der Waals surface area contributed by atoms with Crippen LogP contribution in [0.15, 0.2) is 12.1 Å². The molecule has 2 rings (SSSR count). The van der Waals surface area contributed by atoms with E-state index in [0.717, 1.165) is 12.1 Å². The molecule has 0 aromatic heterocycles. The van der Waals surface area contributed by atoms with Gasteiger partial charge >= 0.3 is 0 Å². The van der Waals surface area contributed by atoms with Gasteiger partial charge in [0.15, 0.2) is 11.6 Å². The molecule has 1 aliphatic rings. The number of halogens is 2. The Morgan fingerprint density at radius 1 is 1.33 bits per heavy atom. The van der Waals surface area contributed by atoms with E-state index in [4.69, 9.17) is 15.6 Å². The first-order chi connectivity index (χ1) is 10.0. The van der Waals surface area contributed by atoms with Gasteiger partial charge in [-0.15, -0.1) is 0 Å². The van der Waals surface area contributed by atoms with Crippen molar-refractivity contribution in [2.45, 2.75) is 18.9 Å². The summed E-state index contributed by atoms with van der Waals surface area (Å²) in [7, 11) is 0. The zero-order valence-electron chi connectivity index (χ0n) is 11.5. The second kappa shape index (κ2) is 6.82. The van der Waals surface area contributed by atoms with Crippen molar-refractivity contribution in [1.29, 1.82) is 0 Å². The number of nitrogens with two attached hydrogens (primary N) is 1. The summed E-state index contributed by atoms with van der Waals surface area (Å²) in [6, 6.07) is 1.65. The molecule has 0 saturated carbocycles. The topological polar surface area (TPSA) is 75.8 Å². The van der Waals surface area contributed by atoms with E-state index in [0.29, 0.717) is 25.9 Å². The van der Waals surface area contributed by atoms with E-state index >= 15 is 0 Å². The fraction of sp³-hybridized carbons (Fsp3) is 0.500. The summed E-state index contributed by atoms with van der Waals surface area (Å²) in [5.41, 5.74) is 5.49. The van der Waals surface area contributed by atoms with Gasteiger partial charge in [-0.2, -0.15) is 0 Å². The molecular formula is C14H18F2N2O3. The van der Waals surface area contributed by atoms with Crippen LogP contribution in [0, 0.1) is 11.6 Å². The van der Waals surface area contributed by atoms with Crippen molar-refractivity contribution in [3.05, 3.63) is 29.3 Å². The Kier molecular flexibility index (Phi) is 5.08. The zero-order valence-corrected chi connectivity index (χ0v) is 11.5. The quantitative estimate of drug-likeness (QED) is 0.818. The van der Waals surface area contributed by atoms with Crippen LogP contribution in [0.1, 0.15) is 23.2 Å². The Labute approximate surface area is 121 Å². The Balaban J connectivity index is 2.00. The maximum Gasteiger partial charge on any atom is 0.256 e. The molecule has 5 nitrogen and oxygen atoms in total. The molecule has 1 aromatic carbocycles. The van der Waals surface area contributed by atoms with E-state index < -0.39 is 17.5 Å². The molecule has 7 heteroatoms. The number of hydrogen-bond acceptors (Lipinski definition) is 4. The molecule has 1 saturated heterocycles. The molecule has 3 N–H and O–H groups in total. The summed E-state index contributed by atoms with van der Waals surface area (Å²) in [5.74, 6) is -2.57. The third-order valence-corrected chi connectivity index (χ3v) is 3.50. The summed E-state index contributed by atoms with van der Waals surface area (Å²) >= 11 is 0. The molecule has 0 atom stereocenters. The fourth-order valence-electron chi connectivity index (χ4n) is 2.36. The highest BCUT2D eigenvalue weighted by Gasteiger charge is 2.25. The van der Waals surface area contributed by atoms with E-state index in [1.165, 1.54) is 0 Å². The number of rotatable bonds is 4. The highest BCUT2D eigenvalue weighted by atomic mass is 19.2. The largest absolute Gasteiger partial charge is 0.398 e. The molecular weight excluding hydrogens is 282 g/mol. The fourth-order valence-corrected chi connectivity index (χ4v) is 2.36. The SMILES string of the molecule is Nc1cc(F)c(F)cc1C(=O)N1CCC(OCCO)CC1. The molecule has 116 valence electrons. The predicted octanol–water partition coefficient (Wildman–Crippen LogP) is 1.16. The highest BCUT2D eigenvalue weighted by molar-refractivity contribution is 5.99. The van der Waals surface area contributed by atoms with Crippen LogP contribution in [-0.4, -0.2) is 48.3 Å². The minimum atomic E-state index is -1.09. The number of nitrogen functional groups attached to an aromatic ring is 1. The van der Waals surface area contributed by atoms with Crippen LogP contribution in [0.4, 0.5) is 14.5 Å². The average Bonchev–Trinajstić information content (AvgIpc) is 2.48. The number of benzene rings is 1. The zero-order chi connectivity index (χ0) is 15.4. The van der Waals surface area contributed by atoms with Gasteiger partial charge in [0.25, 0.3) is 5.91 Å². The number of piperidine rings is 1. The van der Waals surface area contributed by atoms with E-state index in [1.807, 2.05) is 0 Å². The lowest BCUT2D eigenvalue weighted by Crippen LogP contribution is -2.41. The molecule has 1 amide bonds. The Morgan fingerprint density at radius 3 is 2.57 bits per heavy atom. The van der Waals surface area contributed by atoms with Crippen LogP contribution in [0.2, 0.25) is 0 Å². The van der Waals surface area contributed by atoms with Crippen molar-refractivity contribution < 1.29 is 23.4 Å². The number of hydrogen-bond donors (Lipinski definition) is 2. The Bertz CT molecular complexity index is 517. The molecule has 1 heterocycles. The minimum Gasteiger partial charge on any atom is -0.398 e. The van der Waals surface area contributed by atoms with Gasteiger partial charge in [-0.3, -0.25) is 4.79 Å². The van der Waals surface area contributed by atoms with E-state index in [9.17, 15) is 13.6 Å². The van der Waals surface area contributed by atoms with Gasteiger partial charge in [0.05, 0.1) is 24.9 Å². The number of amides is 1. The molecule has 0 unspecified atom stereocenters. The lowest BCUT2D eigenvalue weighted by atomic mass is 10.1. The number of aliphatic hydroxyl groups excluding tert-OH is 1. The number of nitrogens with zero attached hydrogens (tertiary/aromatic N) is 1. The van der Waals surface area contributed by atoms with Crippen molar-refractivity contribution in [3.63, 3.8) is 0 Å². The summed E-state index contributed by atoms with van der Waals surface area (Å²) < 4.78 is 31.7. The summed E-state index contributed by atoms with van der Waals surface area (Å²) in [5, 5.41) is 8.70. The molecule has 1 fully saturated rings. The number of anilines is 1. The van der Waals surface area contributed by atoms with Crippen LogP contribution in [0.5, 0.6) is 0 Å². The minimum absolute atomic E-state index is 0.00324. The first-order valence-corrected chi connectivity index (χ1v) is 6.79. The maximum absolute atomic E-state index is 13.2. The van der Waals surface area contributed by atoms with Gasteiger partial charge in [0, 0.05) is 24.8 Å². The van der Waals surface area contributed by atoms with Crippen molar-refractivity contribution in [2.24, 2.45) is 0 Å². The van der Waals surface area contributed by atoms with Gasteiger partial charge in [0.1, 0.15) is 0 Å². The predicted molar refractivity (Wildman–Crippen MR) is 72.7 cm³/mol. The van der Waals surface area contributed by atoms with Crippen molar-refractivity contribution in [3.8, 4) is 0 Å². The molecule has 0 spiro atoms. The van der Waals surface area contributed by atoms with Crippen molar-refractivity contribution in [2.75, 3.05) is 32.0 Å². The third kappa shape index (κ3) is 3.68. The van der Waals surface area contributed by atoms with Crippen LogP contribution in [0.25, 0.3) is 0 Å². The monoisotopic (exact) mass is 300 g/mol. The van der Waals surface area contributed by atoms with Gasteiger partial charge < -0.3 is 20.5 Å². The average molecular weight is 300 g/mol. The van der Waals surface area contributed by atoms with E-state index in [1.54, 1.807) is 4.90 Å². The van der Waals surface area contributed by atoms with Crippen molar-refractivity contribution in [1.82, 2.24) is 4.90 Å². The van der Waals surface area contributed by atoms with E-state index in [-0.39, 0.29) is 30.6 Å². The van der Waals surface area contributed by atoms with Crippen LogP contribution < -0.4 is 5.73 Å². The first kappa shape index (κ1) is 15.7. The lowest BCUT2D eigenvalue weighted by molar-refractivity contribution is -0.00553. The summed E-state index contributed by atoms with van der Waals surface area (Å²) in [6.45, 7) is 1.14.